The van der Waals surface area contributed by atoms with Crippen molar-refractivity contribution in [2.75, 3.05) is 19.8 Å². The van der Waals surface area contributed by atoms with Crippen LogP contribution in [-0.2, 0) is 4.79 Å². The van der Waals surface area contributed by atoms with Crippen LogP contribution < -0.4 is 14.2 Å². The Morgan fingerprint density at radius 3 is 2.46 bits per heavy atom. The van der Waals surface area contributed by atoms with E-state index in [4.69, 9.17) is 31.2 Å². The zero-order valence-electron chi connectivity index (χ0n) is 21.4. The van der Waals surface area contributed by atoms with Gasteiger partial charge < -0.3 is 14.2 Å². The number of halogens is 1. The molecule has 0 bridgehead atoms. The summed E-state index contributed by atoms with van der Waals surface area (Å²) in [5.74, 6) is 1.25. The molecule has 2 aliphatic heterocycles. The van der Waals surface area contributed by atoms with Gasteiger partial charge in [-0.3, -0.25) is 10.2 Å². The van der Waals surface area contributed by atoms with Gasteiger partial charge in [0.15, 0.2) is 17.3 Å². The molecule has 37 heavy (non-hydrogen) atoms. The minimum Gasteiger partial charge on any atom is -0.490 e. The maximum atomic E-state index is 12.7. The van der Waals surface area contributed by atoms with Crippen LogP contribution in [0.15, 0.2) is 46.0 Å². The van der Waals surface area contributed by atoms with Gasteiger partial charge in [0.25, 0.3) is 5.91 Å². The molecule has 1 N–H and O–H groups in total. The highest BCUT2D eigenvalue weighted by molar-refractivity contribution is 8.27. The van der Waals surface area contributed by atoms with Crippen molar-refractivity contribution in [1.29, 1.82) is 5.41 Å². The highest BCUT2D eigenvalue weighted by Gasteiger charge is 2.36. The number of amides is 1. The molecule has 8 nitrogen and oxygen atoms in total. The number of thioether (sulfide) groups is 1. The lowest BCUT2D eigenvalue weighted by molar-refractivity contribution is -0.114. The van der Waals surface area contributed by atoms with E-state index < -0.39 is 5.91 Å². The van der Waals surface area contributed by atoms with Crippen LogP contribution in [0.3, 0.4) is 0 Å². The van der Waals surface area contributed by atoms with Crippen LogP contribution in [0.2, 0.25) is 5.02 Å². The van der Waals surface area contributed by atoms with Crippen molar-refractivity contribution in [3.8, 4) is 17.2 Å². The first-order valence-electron chi connectivity index (χ1n) is 12.0. The average molecular weight is 541 g/mol. The number of nitrogens with zero attached hydrogens (tertiary/aromatic N) is 3. The Morgan fingerprint density at radius 1 is 1.08 bits per heavy atom. The summed E-state index contributed by atoms with van der Waals surface area (Å²) in [4.78, 5) is 16.9. The predicted molar refractivity (Wildman–Crippen MR) is 149 cm³/mol. The van der Waals surface area contributed by atoms with Crippen molar-refractivity contribution in [2.24, 2.45) is 16.0 Å². The van der Waals surface area contributed by atoms with Crippen molar-refractivity contribution in [1.82, 2.24) is 5.01 Å². The SMILES string of the molecule is CCOc1cc(/C=C2/C(=N)N3N=C(C(C)C)SC3=NC2=O)cc(Cl)c1OCCOc1cc(C)cc(C)c1. The van der Waals surface area contributed by atoms with Crippen molar-refractivity contribution in [2.45, 2.75) is 34.6 Å². The largest absolute Gasteiger partial charge is 0.490 e. The maximum absolute atomic E-state index is 12.7. The average Bonchev–Trinajstić information content (AvgIpc) is 3.25. The number of benzene rings is 2. The molecular weight excluding hydrogens is 512 g/mol. The summed E-state index contributed by atoms with van der Waals surface area (Å²) >= 11 is 7.87. The van der Waals surface area contributed by atoms with Crippen LogP contribution in [0.1, 0.15) is 37.5 Å². The number of ether oxygens (including phenoxy) is 3. The fourth-order valence-electron chi connectivity index (χ4n) is 3.80. The molecule has 0 fully saturated rings. The van der Waals surface area contributed by atoms with Crippen molar-refractivity contribution in [3.63, 3.8) is 0 Å². The Labute approximate surface area is 225 Å². The van der Waals surface area contributed by atoms with E-state index in [0.29, 0.717) is 40.5 Å². The van der Waals surface area contributed by atoms with Gasteiger partial charge in [0.05, 0.1) is 17.2 Å². The van der Waals surface area contributed by atoms with Crippen LogP contribution in [0.5, 0.6) is 17.2 Å². The number of amidine groups is 2. The minimum absolute atomic E-state index is 0.0314. The molecule has 0 saturated heterocycles. The molecule has 2 aromatic rings. The third-order valence-electron chi connectivity index (χ3n) is 5.40. The smallest absolute Gasteiger partial charge is 0.283 e. The number of hydrazone groups is 1. The van der Waals surface area contributed by atoms with Gasteiger partial charge in [-0.15, -0.1) is 0 Å². The van der Waals surface area contributed by atoms with Crippen molar-refractivity contribution >= 4 is 51.4 Å². The van der Waals surface area contributed by atoms with E-state index in [2.05, 4.69) is 16.2 Å². The molecule has 0 saturated carbocycles. The molecule has 2 heterocycles. The molecule has 2 aliphatic rings. The first-order valence-corrected chi connectivity index (χ1v) is 13.2. The van der Waals surface area contributed by atoms with Gasteiger partial charge in [-0.1, -0.05) is 31.5 Å². The topological polar surface area (TPSA) is 96.6 Å². The lowest BCUT2D eigenvalue weighted by Gasteiger charge is -2.20. The Morgan fingerprint density at radius 2 is 1.78 bits per heavy atom. The Balaban J connectivity index is 1.51. The van der Waals surface area contributed by atoms with Gasteiger partial charge in [0.1, 0.15) is 24.0 Å². The summed E-state index contributed by atoms with van der Waals surface area (Å²) in [6.07, 6.45) is 1.57. The summed E-state index contributed by atoms with van der Waals surface area (Å²) in [7, 11) is 0. The third-order valence-corrected chi connectivity index (χ3v) is 6.89. The quantitative estimate of drug-likeness (QED) is 0.305. The molecular formula is C27H29ClN4O4S. The number of fused-ring (bicyclic) bond motifs is 1. The number of hydrogen-bond acceptors (Lipinski definition) is 7. The Bertz CT molecular complexity index is 1320. The summed E-state index contributed by atoms with van der Waals surface area (Å²) in [6, 6.07) is 9.42. The van der Waals surface area contributed by atoms with Crippen molar-refractivity contribution < 1.29 is 19.0 Å². The van der Waals surface area contributed by atoms with Crippen LogP contribution in [0.25, 0.3) is 6.08 Å². The molecule has 0 aromatic heterocycles. The summed E-state index contributed by atoms with van der Waals surface area (Å²) < 4.78 is 17.5. The number of nitrogens with one attached hydrogen (secondary N) is 1. The second-order valence-electron chi connectivity index (χ2n) is 8.90. The van der Waals surface area contributed by atoms with Crippen molar-refractivity contribution in [3.05, 3.63) is 57.6 Å². The van der Waals surface area contributed by atoms with Gasteiger partial charge in [0, 0.05) is 5.92 Å². The third kappa shape index (κ3) is 6.17. The van der Waals surface area contributed by atoms with E-state index in [9.17, 15) is 4.79 Å². The normalized spacial score (nSPS) is 16.2. The first kappa shape index (κ1) is 26.8. The monoisotopic (exact) mass is 540 g/mol. The molecule has 2 aromatic carbocycles. The number of aryl methyl sites for hydroxylation is 2. The molecule has 0 radical (unpaired) electrons. The second kappa shape index (κ2) is 11.4. The summed E-state index contributed by atoms with van der Waals surface area (Å²) in [5.41, 5.74) is 2.96. The van der Waals surface area contributed by atoms with E-state index >= 15 is 0 Å². The molecule has 0 aliphatic carbocycles. The second-order valence-corrected chi connectivity index (χ2v) is 10.3. The van der Waals surface area contributed by atoms with Gasteiger partial charge in [-0.25, -0.2) is 0 Å². The van der Waals surface area contributed by atoms with Crippen LogP contribution in [0, 0.1) is 25.2 Å². The Kier molecular flexibility index (Phi) is 8.24. The van der Waals surface area contributed by atoms with Crippen LogP contribution in [0.4, 0.5) is 0 Å². The molecule has 4 rings (SSSR count). The van der Waals surface area contributed by atoms with Gasteiger partial charge in [-0.05, 0) is 79.6 Å². The fraction of sp³-hybridized carbons (Fsp3) is 0.333. The molecule has 194 valence electrons. The highest BCUT2D eigenvalue weighted by atomic mass is 35.5. The van der Waals surface area contributed by atoms with Gasteiger partial charge >= 0.3 is 0 Å². The standard InChI is InChI=1S/C27H29ClN4O4S/c1-6-34-22-14-18(12-20-24(29)32-27(30-25(20)33)37-26(31-32)15(2)3)13-21(28)23(22)36-8-7-35-19-10-16(4)9-17(5)11-19/h9-15,29H,6-8H2,1-5H3/b20-12-,29-24?. The predicted octanol–water partition coefficient (Wildman–Crippen LogP) is 6.09. The highest BCUT2D eigenvalue weighted by Crippen LogP contribution is 2.38. The van der Waals surface area contributed by atoms with Gasteiger partial charge in [0.2, 0.25) is 5.17 Å². The zero-order chi connectivity index (χ0) is 26.7. The number of hydrogen-bond donors (Lipinski definition) is 1. The van der Waals surface area contributed by atoms with E-state index in [1.807, 2.05) is 46.8 Å². The molecule has 10 heteroatoms. The number of carbonyl (C=O) groups is 1. The maximum Gasteiger partial charge on any atom is 0.283 e. The number of rotatable bonds is 9. The number of aliphatic imine (C=N–C) groups is 1. The number of carbonyl (C=O) groups excluding carboxylic acids is 1. The van der Waals surface area contributed by atoms with Crippen LogP contribution in [-0.4, -0.2) is 46.8 Å². The molecule has 0 unspecified atom stereocenters. The Hall–Kier alpha value is -3.30. The first-order chi connectivity index (χ1) is 17.7. The van der Waals surface area contributed by atoms with Gasteiger partial charge in [-0.2, -0.15) is 15.1 Å². The molecule has 0 spiro atoms. The zero-order valence-corrected chi connectivity index (χ0v) is 23.0. The van der Waals surface area contributed by atoms with E-state index in [0.717, 1.165) is 21.9 Å². The van der Waals surface area contributed by atoms with E-state index in [1.165, 1.54) is 16.8 Å². The lowest BCUT2D eigenvalue weighted by atomic mass is 10.1. The minimum atomic E-state index is -0.498. The fourth-order valence-corrected chi connectivity index (χ4v) is 4.97. The lowest BCUT2D eigenvalue weighted by Crippen LogP contribution is -2.35. The summed E-state index contributed by atoms with van der Waals surface area (Å²) in [6.45, 7) is 10.9. The molecule has 1 amide bonds. The van der Waals surface area contributed by atoms with Crippen LogP contribution >= 0.6 is 23.4 Å². The molecule has 0 atom stereocenters. The van der Waals surface area contributed by atoms with E-state index in [1.54, 1.807) is 18.2 Å². The van der Waals surface area contributed by atoms with E-state index in [-0.39, 0.29) is 23.9 Å². The summed E-state index contributed by atoms with van der Waals surface area (Å²) in [5, 5.41) is 15.9.